The van der Waals surface area contributed by atoms with E-state index in [4.69, 9.17) is 15.8 Å². The first-order valence-corrected chi connectivity index (χ1v) is 4.96. The Morgan fingerprint density at radius 1 is 0.786 bits per heavy atom. The van der Waals surface area contributed by atoms with Crippen molar-refractivity contribution in [3.63, 3.8) is 0 Å². The van der Waals surface area contributed by atoms with E-state index in [1.807, 2.05) is 0 Å². The Kier molecular flexibility index (Phi) is 8.51. The summed E-state index contributed by atoms with van der Waals surface area (Å²) in [5.41, 5.74) is 0. The summed E-state index contributed by atoms with van der Waals surface area (Å²) in [6, 6.07) is 6.35. The maximum Gasteiger partial charge on any atom is 0.0624 e. The number of rotatable bonds is 7. The van der Waals surface area contributed by atoms with Crippen molar-refractivity contribution in [3.05, 3.63) is 0 Å². The minimum absolute atomic E-state index is 0.377. The number of nitriles is 3. The predicted octanol–water partition coefficient (Wildman–Crippen LogP) is 2.90. The molecule has 0 radical (unpaired) electrons. The van der Waals surface area contributed by atoms with Crippen molar-refractivity contribution < 1.29 is 0 Å². The van der Waals surface area contributed by atoms with Crippen LogP contribution in [0.25, 0.3) is 0 Å². The standard InChI is InChI=1S/C11H15N3/c12-8-3-1-5-11(7-10-14)6-2-4-9-13/h11H,1-7H2. The highest BCUT2D eigenvalue weighted by Crippen LogP contribution is 2.18. The van der Waals surface area contributed by atoms with E-state index in [0.29, 0.717) is 25.2 Å². The van der Waals surface area contributed by atoms with Crippen molar-refractivity contribution in [2.75, 3.05) is 0 Å². The largest absolute Gasteiger partial charge is 0.198 e. The lowest BCUT2D eigenvalue weighted by molar-refractivity contribution is 0.436. The molecule has 3 heteroatoms. The zero-order chi connectivity index (χ0) is 10.6. The van der Waals surface area contributed by atoms with Crippen LogP contribution in [0.3, 0.4) is 0 Å². The summed E-state index contributed by atoms with van der Waals surface area (Å²) >= 11 is 0. The average Bonchev–Trinajstić information content (AvgIpc) is 2.18. The highest BCUT2D eigenvalue weighted by Gasteiger charge is 2.07. The molecule has 0 atom stereocenters. The molecular formula is C11H15N3. The molecule has 0 aromatic carbocycles. The predicted molar refractivity (Wildman–Crippen MR) is 52.6 cm³/mol. The summed E-state index contributed by atoms with van der Waals surface area (Å²) in [4.78, 5) is 0. The van der Waals surface area contributed by atoms with Crippen LogP contribution in [0.1, 0.15) is 44.9 Å². The lowest BCUT2D eigenvalue weighted by Gasteiger charge is -2.10. The van der Waals surface area contributed by atoms with Gasteiger partial charge in [-0.15, -0.1) is 0 Å². The summed E-state index contributed by atoms with van der Waals surface area (Å²) in [6.07, 6.45) is 5.31. The molecule has 3 nitrogen and oxygen atoms in total. The molecule has 0 amide bonds. The molecule has 0 saturated heterocycles. The van der Waals surface area contributed by atoms with E-state index in [-0.39, 0.29) is 0 Å². The van der Waals surface area contributed by atoms with Crippen LogP contribution in [0.2, 0.25) is 0 Å². The van der Waals surface area contributed by atoms with Gasteiger partial charge in [-0.25, -0.2) is 0 Å². The van der Waals surface area contributed by atoms with Gasteiger partial charge >= 0.3 is 0 Å². The molecule has 0 unspecified atom stereocenters. The summed E-state index contributed by atoms with van der Waals surface area (Å²) < 4.78 is 0. The lowest BCUT2D eigenvalue weighted by Crippen LogP contribution is -1.99. The van der Waals surface area contributed by atoms with E-state index in [2.05, 4.69) is 18.2 Å². The van der Waals surface area contributed by atoms with Gasteiger partial charge in [0.1, 0.15) is 0 Å². The van der Waals surface area contributed by atoms with E-state index < -0.39 is 0 Å². The summed E-state index contributed by atoms with van der Waals surface area (Å²) in [5, 5.41) is 25.3. The lowest BCUT2D eigenvalue weighted by atomic mass is 9.93. The molecule has 0 spiro atoms. The molecule has 74 valence electrons. The van der Waals surface area contributed by atoms with Gasteiger partial charge in [0.25, 0.3) is 0 Å². The third kappa shape index (κ3) is 7.14. The molecule has 0 aliphatic carbocycles. The molecule has 0 bridgehead atoms. The monoisotopic (exact) mass is 189 g/mol. The average molecular weight is 189 g/mol. The van der Waals surface area contributed by atoms with Crippen LogP contribution in [-0.2, 0) is 0 Å². The van der Waals surface area contributed by atoms with Crippen LogP contribution in [0.15, 0.2) is 0 Å². The first-order chi connectivity index (χ1) is 6.85. The Balaban J connectivity index is 3.63. The molecule has 0 aliphatic rings. The van der Waals surface area contributed by atoms with Crippen LogP contribution >= 0.6 is 0 Å². The number of nitrogens with zero attached hydrogens (tertiary/aromatic N) is 3. The Hall–Kier alpha value is -1.53. The van der Waals surface area contributed by atoms with Crippen LogP contribution in [0.4, 0.5) is 0 Å². The number of hydrogen-bond donors (Lipinski definition) is 0. The second-order valence-corrected chi connectivity index (χ2v) is 3.33. The second-order valence-electron chi connectivity index (χ2n) is 3.33. The van der Waals surface area contributed by atoms with E-state index in [9.17, 15) is 0 Å². The maximum atomic E-state index is 8.57. The Bertz CT molecular complexity index is 231. The SMILES string of the molecule is N#CCCCC(CC#N)CCCC#N. The van der Waals surface area contributed by atoms with Gasteiger partial charge in [-0.2, -0.15) is 15.8 Å². The third-order valence-electron chi connectivity index (χ3n) is 2.18. The van der Waals surface area contributed by atoms with E-state index in [1.165, 1.54) is 0 Å². The molecule has 0 saturated carbocycles. The fourth-order valence-electron chi connectivity index (χ4n) is 1.42. The quantitative estimate of drug-likeness (QED) is 0.578. The van der Waals surface area contributed by atoms with Crippen LogP contribution in [-0.4, -0.2) is 0 Å². The molecule has 0 N–H and O–H groups in total. The van der Waals surface area contributed by atoms with E-state index in [0.717, 1.165) is 25.7 Å². The van der Waals surface area contributed by atoms with Gasteiger partial charge in [-0.1, -0.05) is 0 Å². The number of hydrogen-bond acceptors (Lipinski definition) is 3. The molecule has 14 heavy (non-hydrogen) atoms. The third-order valence-corrected chi connectivity index (χ3v) is 2.18. The first kappa shape index (κ1) is 12.5. The minimum Gasteiger partial charge on any atom is -0.198 e. The van der Waals surface area contributed by atoms with Gasteiger partial charge in [0.05, 0.1) is 18.2 Å². The van der Waals surface area contributed by atoms with Crippen molar-refractivity contribution in [3.8, 4) is 18.2 Å². The van der Waals surface area contributed by atoms with Crippen LogP contribution in [0, 0.1) is 39.9 Å². The van der Waals surface area contributed by atoms with Gasteiger partial charge in [-0.3, -0.25) is 0 Å². The molecule has 0 heterocycles. The van der Waals surface area contributed by atoms with Crippen LogP contribution in [0.5, 0.6) is 0 Å². The van der Waals surface area contributed by atoms with E-state index in [1.54, 1.807) is 0 Å². The molecule has 0 fully saturated rings. The zero-order valence-electron chi connectivity index (χ0n) is 8.37. The first-order valence-electron chi connectivity index (χ1n) is 4.96. The number of unbranched alkanes of at least 4 members (excludes halogenated alkanes) is 2. The van der Waals surface area contributed by atoms with E-state index >= 15 is 0 Å². The molecule has 0 aromatic heterocycles. The van der Waals surface area contributed by atoms with Crippen LogP contribution < -0.4 is 0 Å². The molecule has 0 aliphatic heterocycles. The maximum absolute atomic E-state index is 8.57. The van der Waals surface area contributed by atoms with Gasteiger partial charge in [0, 0.05) is 19.3 Å². The summed E-state index contributed by atoms with van der Waals surface area (Å²) in [6.45, 7) is 0. The van der Waals surface area contributed by atoms with Crippen molar-refractivity contribution >= 4 is 0 Å². The highest BCUT2D eigenvalue weighted by atomic mass is 14.3. The zero-order valence-corrected chi connectivity index (χ0v) is 8.37. The molecular weight excluding hydrogens is 174 g/mol. The van der Waals surface area contributed by atoms with Crippen molar-refractivity contribution in [1.29, 1.82) is 15.8 Å². The summed E-state index contributed by atoms with van der Waals surface area (Å²) in [5.74, 6) is 0.377. The van der Waals surface area contributed by atoms with Gasteiger partial charge < -0.3 is 0 Å². The van der Waals surface area contributed by atoms with Gasteiger partial charge in [0.15, 0.2) is 0 Å². The topological polar surface area (TPSA) is 71.4 Å². The Morgan fingerprint density at radius 2 is 1.29 bits per heavy atom. The van der Waals surface area contributed by atoms with Gasteiger partial charge in [-0.05, 0) is 31.6 Å². The highest BCUT2D eigenvalue weighted by molar-refractivity contribution is 4.79. The minimum atomic E-state index is 0.377. The van der Waals surface area contributed by atoms with Crippen molar-refractivity contribution in [2.45, 2.75) is 44.9 Å². The normalized spacial score (nSPS) is 9.00. The fourth-order valence-corrected chi connectivity index (χ4v) is 1.42. The molecule has 0 aromatic rings. The Morgan fingerprint density at radius 3 is 1.64 bits per heavy atom. The fraction of sp³-hybridized carbons (Fsp3) is 0.727. The molecule has 0 rings (SSSR count). The van der Waals surface area contributed by atoms with Crippen molar-refractivity contribution in [1.82, 2.24) is 0 Å². The summed E-state index contributed by atoms with van der Waals surface area (Å²) in [7, 11) is 0. The smallest absolute Gasteiger partial charge is 0.0624 e. The second kappa shape index (κ2) is 9.56. The van der Waals surface area contributed by atoms with Gasteiger partial charge in [0.2, 0.25) is 0 Å². The Labute approximate surface area is 85.6 Å². The van der Waals surface area contributed by atoms with Crippen molar-refractivity contribution in [2.24, 2.45) is 5.92 Å².